The zero-order chi connectivity index (χ0) is 12.1. The Kier molecular flexibility index (Phi) is 4.05. The number of amides is 1. The number of hydrogen-bond donors (Lipinski definition) is 1. The lowest BCUT2D eigenvalue weighted by molar-refractivity contribution is 0.0937. The van der Waals surface area contributed by atoms with E-state index in [1.54, 1.807) is 18.2 Å². The van der Waals surface area contributed by atoms with Crippen LogP contribution in [0.25, 0.3) is 0 Å². The number of nitrogens with one attached hydrogen (secondary N) is 1. The summed E-state index contributed by atoms with van der Waals surface area (Å²) in [7, 11) is 1.46. The molecule has 0 saturated heterocycles. The van der Waals surface area contributed by atoms with Gasteiger partial charge in [0.1, 0.15) is 5.75 Å². The van der Waals surface area contributed by atoms with Gasteiger partial charge >= 0.3 is 0 Å². The Hall–Kier alpha value is -1.84. The molecule has 16 heavy (non-hydrogen) atoms. The van der Waals surface area contributed by atoms with Crippen molar-refractivity contribution in [3.8, 4) is 5.75 Å². The fourth-order valence-electron chi connectivity index (χ4n) is 1.38. The second-order valence-electron chi connectivity index (χ2n) is 3.67. The molecule has 0 aromatic heterocycles. The second kappa shape index (κ2) is 5.30. The third kappa shape index (κ3) is 2.59. The molecule has 0 aliphatic carbocycles. The quantitative estimate of drug-likeness (QED) is 0.786. The Morgan fingerprint density at radius 3 is 2.62 bits per heavy atom. The molecule has 0 saturated carbocycles. The van der Waals surface area contributed by atoms with Gasteiger partial charge in [-0.1, -0.05) is 6.07 Å². The topological polar surface area (TPSA) is 55.4 Å². The van der Waals surface area contributed by atoms with Crippen LogP contribution in [0.1, 0.15) is 34.6 Å². The number of carbonyl (C=O) groups excluding carboxylic acids is 2. The molecular formula is C12H15NO3. The lowest BCUT2D eigenvalue weighted by Gasteiger charge is -2.11. The second-order valence-corrected chi connectivity index (χ2v) is 3.67. The normalized spacial score (nSPS) is 10.0. The fraction of sp³-hybridized carbons (Fsp3) is 0.333. The number of benzene rings is 1. The predicted molar refractivity (Wildman–Crippen MR) is 61.0 cm³/mol. The smallest absolute Gasteiger partial charge is 0.252 e. The summed E-state index contributed by atoms with van der Waals surface area (Å²) in [5.41, 5.74) is 0.617. The van der Waals surface area contributed by atoms with Gasteiger partial charge < -0.3 is 10.1 Å². The standard InChI is InChI=1S/C12H15NO3/c1-8(2)13-12(15)9-5-4-6-11(16-3)10(9)7-14/h4-8H,1-3H3,(H,13,15). The van der Waals surface area contributed by atoms with Gasteiger partial charge in [-0.3, -0.25) is 9.59 Å². The average molecular weight is 221 g/mol. The zero-order valence-corrected chi connectivity index (χ0v) is 9.61. The van der Waals surface area contributed by atoms with Crippen LogP contribution in [0, 0.1) is 0 Å². The molecule has 1 aromatic carbocycles. The van der Waals surface area contributed by atoms with Crippen LogP contribution in [0.4, 0.5) is 0 Å². The summed E-state index contributed by atoms with van der Waals surface area (Å²) in [4.78, 5) is 22.7. The van der Waals surface area contributed by atoms with E-state index in [-0.39, 0.29) is 17.5 Å². The highest BCUT2D eigenvalue weighted by atomic mass is 16.5. The van der Waals surface area contributed by atoms with Crippen molar-refractivity contribution < 1.29 is 14.3 Å². The average Bonchev–Trinajstić information content (AvgIpc) is 2.26. The van der Waals surface area contributed by atoms with Crippen LogP contribution in [0.3, 0.4) is 0 Å². The van der Waals surface area contributed by atoms with Gasteiger partial charge in [-0.05, 0) is 26.0 Å². The number of methoxy groups -OCH3 is 1. The Labute approximate surface area is 94.6 Å². The van der Waals surface area contributed by atoms with Gasteiger partial charge in [0, 0.05) is 6.04 Å². The van der Waals surface area contributed by atoms with Crippen LogP contribution in [0.15, 0.2) is 18.2 Å². The molecule has 1 amide bonds. The highest BCUT2D eigenvalue weighted by Crippen LogP contribution is 2.20. The monoisotopic (exact) mass is 221 g/mol. The van der Waals surface area contributed by atoms with Gasteiger partial charge in [-0.2, -0.15) is 0 Å². The third-order valence-corrected chi connectivity index (χ3v) is 2.07. The maximum absolute atomic E-state index is 11.8. The van der Waals surface area contributed by atoms with Crippen LogP contribution in [0.2, 0.25) is 0 Å². The Bertz CT molecular complexity index is 399. The van der Waals surface area contributed by atoms with E-state index in [1.165, 1.54) is 7.11 Å². The molecule has 0 aliphatic rings. The maximum atomic E-state index is 11.8. The van der Waals surface area contributed by atoms with Crippen molar-refractivity contribution in [1.82, 2.24) is 5.32 Å². The molecule has 0 atom stereocenters. The van der Waals surface area contributed by atoms with E-state index >= 15 is 0 Å². The predicted octanol–water partition coefficient (Wildman–Crippen LogP) is 1.65. The summed E-state index contributed by atoms with van der Waals surface area (Å²) in [6, 6.07) is 4.96. The van der Waals surface area contributed by atoms with Crippen LogP contribution in [0.5, 0.6) is 5.75 Å². The summed E-state index contributed by atoms with van der Waals surface area (Å²) in [6.45, 7) is 3.72. The Morgan fingerprint density at radius 1 is 1.44 bits per heavy atom. The van der Waals surface area contributed by atoms with Crippen LogP contribution in [-0.4, -0.2) is 25.3 Å². The van der Waals surface area contributed by atoms with Crippen LogP contribution >= 0.6 is 0 Å². The summed E-state index contributed by atoms with van der Waals surface area (Å²) in [5.74, 6) is 0.141. The first kappa shape index (κ1) is 12.2. The van der Waals surface area contributed by atoms with E-state index in [0.29, 0.717) is 17.6 Å². The Balaban J connectivity index is 3.12. The van der Waals surface area contributed by atoms with Crippen LogP contribution < -0.4 is 10.1 Å². The van der Waals surface area contributed by atoms with E-state index in [0.717, 1.165) is 0 Å². The lowest BCUT2D eigenvalue weighted by Crippen LogP contribution is -2.30. The number of aldehydes is 1. The van der Waals surface area contributed by atoms with E-state index in [9.17, 15) is 9.59 Å². The van der Waals surface area contributed by atoms with Crippen molar-refractivity contribution >= 4 is 12.2 Å². The number of hydrogen-bond acceptors (Lipinski definition) is 3. The van der Waals surface area contributed by atoms with Crippen molar-refractivity contribution in [3.63, 3.8) is 0 Å². The largest absolute Gasteiger partial charge is 0.496 e. The lowest BCUT2D eigenvalue weighted by atomic mass is 10.1. The van der Waals surface area contributed by atoms with Crippen molar-refractivity contribution in [2.45, 2.75) is 19.9 Å². The van der Waals surface area contributed by atoms with Gasteiger partial charge in [0.15, 0.2) is 6.29 Å². The highest BCUT2D eigenvalue weighted by molar-refractivity contribution is 6.02. The number of rotatable bonds is 4. The first-order valence-corrected chi connectivity index (χ1v) is 5.03. The molecule has 0 spiro atoms. The first-order valence-electron chi connectivity index (χ1n) is 5.03. The van der Waals surface area contributed by atoms with Gasteiger partial charge in [0.2, 0.25) is 0 Å². The van der Waals surface area contributed by atoms with Crippen molar-refractivity contribution in [2.24, 2.45) is 0 Å². The molecule has 86 valence electrons. The molecular weight excluding hydrogens is 206 g/mol. The molecule has 1 aromatic rings. The molecule has 0 fully saturated rings. The van der Waals surface area contributed by atoms with Gasteiger partial charge in [-0.25, -0.2) is 0 Å². The maximum Gasteiger partial charge on any atom is 0.252 e. The van der Waals surface area contributed by atoms with E-state index in [2.05, 4.69) is 5.32 Å². The first-order chi connectivity index (χ1) is 7.60. The SMILES string of the molecule is COc1cccc(C(=O)NC(C)C)c1C=O. The molecule has 4 nitrogen and oxygen atoms in total. The molecule has 0 aliphatic heterocycles. The minimum Gasteiger partial charge on any atom is -0.496 e. The summed E-state index contributed by atoms with van der Waals surface area (Å²) in [5, 5.41) is 2.73. The summed E-state index contributed by atoms with van der Waals surface area (Å²) >= 11 is 0. The minimum absolute atomic E-state index is 0.0261. The van der Waals surface area contributed by atoms with E-state index in [4.69, 9.17) is 4.74 Å². The molecule has 4 heteroatoms. The minimum atomic E-state index is -0.268. The fourth-order valence-corrected chi connectivity index (χ4v) is 1.38. The van der Waals surface area contributed by atoms with Crippen molar-refractivity contribution in [2.75, 3.05) is 7.11 Å². The number of ether oxygens (including phenoxy) is 1. The van der Waals surface area contributed by atoms with Crippen molar-refractivity contribution in [3.05, 3.63) is 29.3 Å². The highest BCUT2D eigenvalue weighted by Gasteiger charge is 2.15. The molecule has 0 heterocycles. The molecule has 0 bridgehead atoms. The molecule has 0 unspecified atom stereocenters. The molecule has 0 radical (unpaired) electrons. The third-order valence-electron chi connectivity index (χ3n) is 2.07. The van der Waals surface area contributed by atoms with E-state index in [1.807, 2.05) is 13.8 Å². The van der Waals surface area contributed by atoms with Gasteiger partial charge in [0.05, 0.1) is 18.2 Å². The summed E-state index contributed by atoms with van der Waals surface area (Å²) < 4.78 is 5.02. The summed E-state index contributed by atoms with van der Waals surface area (Å²) in [6.07, 6.45) is 0.633. The van der Waals surface area contributed by atoms with Crippen molar-refractivity contribution in [1.29, 1.82) is 0 Å². The molecule has 1 N–H and O–H groups in total. The number of carbonyl (C=O) groups is 2. The van der Waals surface area contributed by atoms with E-state index < -0.39 is 0 Å². The molecule has 1 rings (SSSR count). The van der Waals surface area contributed by atoms with Gasteiger partial charge in [-0.15, -0.1) is 0 Å². The van der Waals surface area contributed by atoms with Gasteiger partial charge in [0.25, 0.3) is 5.91 Å². The zero-order valence-electron chi connectivity index (χ0n) is 9.61. The van der Waals surface area contributed by atoms with Crippen LogP contribution in [-0.2, 0) is 0 Å². The Morgan fingerprint density at radius 2 is 2.12 bits per heavy atom.